The quantitative estimate of drug-likeness (QED) is 0.123. The van der Waals surface area contributed by atoms with Crippen LogP contribution in [-0.4, -0.2) is 15.6 Å². The van der Waals surface area contributed by atoms with E-state index in [0.717, 1.165) is 51.4 Å². The second kappa shape index (κ2) is 16.2. The van der Waals surface area contributed by atoms with Crippen molar-refractivity contribution in [3.8, 4) is 17.3 Å². The molecule has 0 N–H and O–H groups in total. The first kappa shape index (κ1) is 46.6. The van der Waals surface area contributed by atoms with Crippen LogP contribution in [0.25, 0.3) is 27.6 Å². The first-order valence-electron chi connectivity index (χ1n) is 25.0. The first-order chi connectivity index (χ1) is 31.6. The third-order valence-electron chi connectivity index (χ3n) is 15.8. The van der Waals surface area contributed by atoms with E-state index in [-0.39, 0.29) is 48.1 Å². The number of pyridine rings is 1. The average Bonchev–Trinajstić information content (AvgIpc) is 3.81. The van der Waals surface area contributed by atoms with Crippen LogP contribution in [0.2, 0.25) is 0 Å². The number of nitrogens with zero attached hydrogens (tertiary/aromatic N) is 4. The maximum Gasteiger partial charge on any atom is 2.00 e. The van der Waals surface area contributed by atoms with Crippen LogP contribution in [0.3, 0.4) is 0 Å². The fourth-order valence-corrected chi connectivity index (χ4v) is 12.4. The monoisotopic (exact) mass is 1080 g/mol. The summed E-state index contributed by atoms with van der Waals surface area (Å²) in [5.41, 5.74) is 13.3. The van der Waals surface area contributed by atoms with Crippen molar-refractivity contribution in [3.63, 3.8) is 0 Å². The summed E-state index contributed by atoms with van der Waals surface area (Å²) in [6.45, 7) is 27.5. The molecule has 4 aliphatic carbocycles. The van der Waals surface area contributed by atoms with Crippen molar-refractivity contribution in [2.75, 3.05) is 0 Å². The van der Waals surface area contributed by atoms with Crippen molar-refractivity contribution in [1.82, 2.24) is 18.7 Å². The number of hydrogen-bond acceptors (Lipinski definition) is 2. The van der Waals surface area contributed by atoms with Crippen molar-refractivity contribution < 1.29 is 25.8 Å². The van der Waals surface area contributed by atoms with Crippen LogP contribution in [0.4, 0.5) is 22.7 Å². The van der Waals surface area contributed by atoms with Crippen LogP contribution in [0.1, 0.15) is 149 Å². The first-order valence-corrected chi connectivity index (χ1v) is 25.0. The van der Waals surface area contributed by atoms with Gasteiger partial charge in [0.25, 0.3) is 5.69 Å². The molecular weight excluding hydrogens is 1010 g/mol. The molecule has 7 aromatic rings. The van der Waals surface area contributed by atoms with Gasteiger partial charge in [-0.1, -0.05) is 136 Å². The number of aromatic nitrogens is 2. The third kappa shape index (κ3) is 8.14. The molecule has 5 nitrogen and oxygen atoms in total. The van der Waals surface area contributed by atoms with Crippen molar-refractivity contribution >= 4 is 50.6 Å². The average molecular weight is 1080 g/mol. The molecule has 12 rings (SSSR count). The number of rotatable bonds is 6. The van der Waals surface area contributed by atoms with E-state index in [1.165, 1.54) is 83.1 Å². The van der Waals surface area contributed by atoms with Crippen LogP contribution >= 0.6 is 0 Å². The molecule has 3 heterocycles. The molecule has 0 saturated heterocycles. The molecule has 2 aromatic heterocycles. The molecule has 5 aromatic carbocycles. The Morgan fingerprint density at radius 2 is 1.21 bits per heavy atom. The van der Waals surface area contributed by atoms with Crippen LogP contribution in [0, 0.1) is 29.9 Å². The van der Waals surface area contributed by atoms with Crippen molar-refractivity contribution in [1.29, 1.82) is 0 Å². The summed E-state index contributed by atoms with van der Waals surface area (Å²) in [5, 5.41) is 2.30. The van der Waals surface area contributed by atoms with Crippen LogP contribution in [0.15, 0.2) is 103 Å². The van der Waals surface area contributed by atoms with Gasteiger partial charge in [0.15, 0.2) is 0 Å². The van der Waals surface area contributed by atoms with Gasteiger partial charge in [-0.3, -0.25) is 0 Å². The number of hydrogen-bond donors (Lipinski definition) is 0. The molecule has 0 atom stereocenters. The van der Waals surface area contributed by atoms with E-state index in [2.05, 4.69) is 200 Å². The molecule has 4 fully saturated rings. The molecule has 0 radical (unpaired) electrons. The number of benzene rings is 5. The Morgan fingerprint density at radius 3 is 1.84 bits per heavy atom. The maximum atomic E-state index is 6.81. The van der Waals surface area contributed by atoms with E-state index < -0.39 is 0 Å². The van der Waals surface area contributed by atoms with Crippen LogP contribution in [-0.2, 0) is 48.1 Å². The summed E-state index contributed by atoms with van der Waals surface area (Å²) in [5.74, 6) is 4.63. The fourth-order valence-electron chi connectivity index (χ4n) is 12.4. The minimum absolute atomic E-state index is 0. The predicted molar refractivity (Wildman–Crippen MR) is 278 cm³/mol. The van der Waals surface area contributed by atoms with Crippen molar-refractivity contribution in [2.45, 2.75) is 149 Å². The van der Waals surface area contributed by atoms with Gasteiger partial charge in [-0.15, -0.1) is 23.6 Å². The SMILES string of the molecule is CC(C)(C)c1cc([N+]2=C=[N+](c3[c-]c(Oc4[c-]c5c(cc4)c4cc(C(C)(C)C)ccc4n5-c4cc(C(C)(C)C)ccn4)ccc3)c3cccc(C45CC6CC(CC(C6)C4)C5)c32)cc(C(C)(C)C)c1.[Pt+2]. The molecule has 0 spiro atoms. The van der Waals surface area contributed by atoms with Crippen molar-refractivity contribution in [3.05, 3.63) is 143 Å². The predicted octanol–water partition coefficient (Wildman–Crippen LogP) is 16.1. The Balaban J connectivity index is 0.00000539. The van der Waals surface area contributed by atoms with Gasteiger partial charge < -0.3 is 9.30 Å². The summed E-state index contributed by atoms with van der Waals surface area (Å²) in [6.07, 6.45) is 10.1. The second-order valence-corrected chi connectivity index (χ2v) is 25.0. The Hall–Kier alpha value is -5.08. The normalized spacial score (nSPS) is 21.2. The zero-order valence-corrected chi connectivity index (χ0v) is 44.6. The number of fused-ring (bicyclic) bond motifs is 4. The maximum absolute atomic E-state index is 6.81. The minimum atomic E-state index is -0.0291. The van der Waals surface area contributed by atoms with E-state index in [4.69, 9.17) is 9.72 Å². The Bertz CT molecular complexity index is 3160. The van der Waals surface area contributed by atoms with Crippen LogP contribution in [0.5, 0.6) is 11.5 Å². The second-order valence-electron chi connectivity index (χ2n) is 25.0. The Kier molecular flexibility index (Phi) is 11.1. The number of ether oxygens (including phenoxy) is 1. The van der Waals surface area contributed by atoms with Gasteiger partial charge in [-0.25, -0.2) is 4.98 Å². The topological polar surface area (TPSA) is 33.1 Å². The zero-order chi connectivity index (χ0) is 47.0. The van der Waals surface area contributed by atoms with E-state index in [9.17, 15) is 0 Å². The standard InChI is InChI=1S/C62H68N4O.Pt/c1-58(2,3)42-19-22-53-51(31-42)50-21-20-49(34-55(50)66(53)56-32-43(23-24-63-56)59(4,5)6)67-48-16-13-15-46(33-48)64-38-65(47-29-44(60(7,8)9)28-45(30-47)61(10,11)12)57-52(17-14-18-54(57)64)62-35-39-25-40(36-62)27-41(26-39)37-62;/h13-24,28-32,39-41H,25-27,35-37H2,1-12H3;/q;+2. The van der Waals surface area contributed by atoms with Gasteiger partial charge in [0, 0.05) is 52.4 Å². The summed E-state index contributed by atoms with van der Waals surface area (Å²) >= 11 is 0. The smallest absolute Gasteiger partial charge is 0.509 e. The fraction of sp³-hybridized carbons (Fsp3) is 0.419. The molecule has 350 valence electrons. The minimum Gasteiger partial charge on any atom is -0.509 e. The molecule has 68 heavy (non-hydrogen) atoms. The van der Waals surface area contributed by atoms with E-state index in [1.807, 2.05) is 18.3 Å². The van der Waals surface area contributed by atoms with Gasteiger partial charge in [-0.05, 0) is 128 Å². The summed E-state index contributed by atoms with van der Waals surface area (Å²) < 4.78 is 13.7. The third-order valence-corrected chi connectivity index (χ3v) is 15.8. The van der Waals surface area contributed by atoms with E-state index in [1.54, 1.807) is 0 Å². The molecule has 1 aliphatic heterocycles. The molecule has 4 saturated carbocycles. The molecule has 6 heteroatoms. The molecule has 0 unspecified atom stereocenters. The van der Waals surface area contributed by atoms with E-state index >= 15 is 0 Å². The molecule has 0 amide bonds. The van der Waals surface area contributed by atoms with Gasteiger partial charge in [0.1, 0.15) is 11.5 Å². The Morgan fingerprint density at radius 1 is 0.603 bits per heavy atom. The van der Waals surface area contributed by atoms with Gasteiger partial charge >= 0.3 is 32.8 Å². The molecule has 5 aliphatic rings. The largest absolute Gasteiger partial charge is 2.00 e. The van der Waals surface area contributed by atoms with E-state index in [0.29, 0.717) is 11.5 Å². The van der Waals surface area contributed by atoms with Gasteiger partial charge in [0.05, 0.1) is 0 Å². The molecular formula is C62H68N4OPt+2. The Labute approximate surface area is 419 Å². The van der Waals surface area contributed by atoms with Gasteiger partial charge in [0.2, 0.25) is 5.69 Å². The summed E-state index contributed by atoms with van der Waals surface area (Å²) in [4.78, 5) is 4.95. The van der Waals surface area contributed by atoms with Gasteiger partial charge in [-0.2, -0.15) is 12.1 Å². The number of para-hydroxylation sites is 1. The van der Waals surface area contributed by atoms with Crippen molar-refractivity contribution in [2.24, 2.45) is 17.8 Å². The zero-order valence-electron chi connectivity index (χ0n) is 42.3. The summed E-state index contributed by atoms with van der Waals surface area (Å²) in [7, 11) is 0. The summed E-state index contributed by atoms with van der Waals surface area (Å²) in [6, 6.07) is 47.4. The van der Waals surface area contributed by atoms with Crippen LogP contribution < -0.4 is 13.9 Å². The molecule has 4 bridgehead atoms.